The van der Waals surface area contributed by atoms with Gasteiger partial charge in [-0.2, -0.15) is 0 Å². The standard InChI is InChI=1S/C14H20BrNO/c1-11-3-4-13(15)7-12(11)8-16-9-14(10-17)5-2-6-14/h3-4,7,16-17H,2,5-6,8-10H2,1H3. The molecule has 0 aromatic heterocycles. The number of aryl methyl sites for hydroxylation is 1. The van der Waals surface area contributed by atoms with E-state index in [1.54, 1.807) is 0 Å². The molecular formula is C14H20BrNO. The average Bonchev–Trinajstić information content (AvgIpc) is 2.27. The Labute approximate surface area is 112 Å². The lowest BCUT2D eigenvalue weighted by atomic mass is 9.69. The van der Waals surface area contributed by atoms with Gasteiger partial charge >= 0.3 is 0 Å². The number of aliphatic hydroxyl groups excluding tert-OH is 1. The van der Waals surface area contributed by atoms with E-state index in [2.05, 4.69) is 46.4 Å². The zero-order chi connectivity index (χ0) is 12.3. The van der Waals surface area contributed by atoms with E-state index in [1.165, 1.54) is 17.5 Å². The van der Waals surface area contributed by atoms with Crippen LogP contribution in [0.4, 0.5) is 0 Å². The Morgan fingerprint density at radius 1 is 1.41 bits per heavy atom. The summed E-state index contributed by atoms with van der Waals surface area (Å²) < 4.78 is 1.13. The third kappa shape index (κ3) is 3.09. The fraction of sp³-hybridized carbons (Fsp3) is 0.571. The highest BCUT2D eigenvalue weighted by molar-refractivity contribution is 9.10. The summed E-state index contributed by atoms with van der Waals surface area (Å²) in [7, 11) is 0. The van der Waals surface area contributed by atoms with E-state index < -0.39 is 0 Å². The highest BCUT2D eigenvalue weighted by Gasteiger charge is 2.35. The van der Waals surface area contributed by atoms with Gasteiger partial charge in [0, 0.05) is 29.6 Å². The van der Waals surface area contributed by atoms with E-state index in [1.807, 2.05) is 0 Å². The second-order valence-corrected chi connectivity index (χ2v) is 6.10. The van der Waals surface area contributed by atoms with E-state index in [4.69, 9.17) is 0 Å². The molecule has 0 amide bonds. The lowest BCUT2D eigenvalue weighted by molar-refractivity contribution is 0.0445. The summed E-state index contributed by atoms with van der Waals surface area (Å²) in [6.07, 6.45) is 3.58. The number of hydrogen-bond acceptors (Lipinski definition) is 2. The molecule has 3 heteroatoms. The predicted octanol–water partition coefficient (Wildman–Crippen LogP) is 3.01. The van der Waals surface area contributed by atoms with Crippen molar-refractivity contribution in [1.29, 1.82) is 0 Å². The fourth-order valence-corrected chi connectivity index (χ4v) is 2.77. The van der Waals surface area contributed by atoms with Crippen molar-refractivity contribution < 1.29 is 5.11 Å². The maximum atomic E-state index is 9.38. The molecule has 94 valence electrons. The van der Waals surface area contributed by atoms with Gasteiger partial charge in [0.2, 0.25) is 0 Å². The molecule has 0 heterocycles. The summed E-state index contributed by atoms with van der Waals surface area (Å²) >= 11 is 3.50. The summed E-state index contributed by atoms with van der Waals surface area (Å²) in [5.41, 5.74) is 2.80. The summed E-state index contributed by atoms with van der Waals surface area (Å²) in [5, 5.41) is 12.9. The van der Waals surface area contributed by atoms with Gasteiger partial charge in [0.05, 0.1) is 0 Å². The van der Waals surface area contributed by atoms with Gasteiger partial charge in [0.25, 0.3) is 0 Å². The first-order valence-electron chi connectivity index (χ1n) is 6.22. The number of halogens is 1. The van der Waals surface area contributed by atoms with Gasteiger partial charge in [-0.25, -0.2) is 0 Å². The molecule has 0 saturated heterocycles. The highest BCUT2D eigenvalue weighted by Crippen LogP contribution is 2.39. The summed E-state index contributed by atoms with van der Waals surface area (Å²) in [6, 6.07) is 6.36. The van der Waals surface area contributed by atoms with Crippen LogP contribution in [-0.4, -0.2) is 18.3 Å². The van der Waals surface area contributed by atoms with Crippen LogP contribution in [-0.2, 0) is 6.54 Å². The molecule has 17 heavy (non-hydrogen) atoms. The molecule has 1 aromatic carbocycles. The molecule has 0 spiro atoms. The van der Waals surface area contributed by atoms with Crippen molar-refractivity contribution in [2.24, 2.45) is 5.41 Å². The van der Waals surface area contributed by atoms with Crippen LogP contribution in [0.25, 0.3) is 0 Å². The molecule has 1 fully saturated rings. The predicted molar refractivity (Wildman–Crippen MR) is 74.0 cm³/mol. The zero-order valence-corrected chi connectivity index (χ0v) is 11.9. The summed E-state index contributed by atoms with van der Waals surface area (Å²) in [6.45, 7) is 4.26. The molecule has 1 saturated carbocycles. The van der Waals surface area contributed by atoms with Crippen molar-refractivity contribution >= 4 is 15.9 Å². The van der Waals surface area contributed by atoms with Crippen molar-refractivity contribution in [1.82, 2.24) is 5.32 Å². The molecule has 0 atom stereocenters. The second-order valence-electron chi connectivity index (χ2n) is 5.19. The van der Waals surface area contributed by atoms with Crippen molar-refractivity contribution in [2.75, 3.05) is 13.2 Å². The molecule has 0 bridgehead atoms. The summed E-state index contributed by atoms with van der Waals surface area (Å²) in [4.78, 5) is 0. The summed E-state index contributed by atoms with van der Waals surface area (Å²) in [5.74, 6) is 0. The van der Waals surface area contributed by atoms with E-state index in [0.717, 1.165) is 30.4 Å². The topological polar surface area (TPSA) is 32.3 Å². The largest absolute Gasteiger partial charge is 0.396 e. The molecular weight excluding hydrogens is 278 g/mol. The van der Waals surface area contributed by atoms with Crippen molar-refractivity contribution in [3.8, 4) is 0 Å². The number of benzene rings is 1. The van der Waals surface area contributed by atoms with E-state index in [9.17, 15) is 5.11 Å². The van der Waals surface area contributed by atoms with Crippen LogP contribution in [0.3, 0.4) is 0 Å². The van der Waals surface area contributed by atoms with Crippen LogP contribution in [0.2, 0.25) is 0 Å². The Bertz CT molecular complexity index is 382. The SMILES string of the molecule is Cc1ccc(Br)cc1CNCC1(CO)CCC1. The maximum Gasteiger partial charge on any atom is 0.0499 e. The lowest BCUT2D eigenvalue weighted by Crippen LogP contribution is -2.42. The van der Waals surface area contributed by atoms with Crippen LogP contribution in [0, 0.1) is 12.3 Å². The molecule has 0 aliphatic heterocycles. The van der Waals surface area contributed by atoms with Crippen LogP contribution >= 0.6 is 15.9 Å². The minimum atomic E-state index is 0.167. The smallest absolute Gasteiger partial charge is 0.0499 e. The van der Waals surface area contributed by atoms with E-state index in [-0.39, 0.29) is 5.41 Å². The van der Waals surface area contributed by atoms with Crippen LogP contribution in [0.5, 0.6) is 0 Å². The van der Waals surface area contributed by atoms with Crippen molar-refractivity contribution in [3.63, 3.8) is 0 Å². The molecule has 1 aromatic rings. The Morgan fingerprint density at radius 2 is 2.18 bits per heavy atom. The van der Waals surface area contributed by atoms with Gasteiger partial charge < -0.3 is 10.4 Å². The molecule has 0 unspecified atom stereocenters. The highest BCUT2D eigenvalue weighted by atomic mass is 79.9. The average molecular weight is 298 g/mol. The molecule has 2 N–H and O–H groups in total. The van der Waals surface area contributed by atoms with E-state index in [0.29, 0.717) is 6.61 Å². The fourth-order valence-electron chi connectivity index (χ4n) is 2.36. The van der Waals surface area contributed by atoms with E-state index >= 15 is 0 Å². The van der Waals surface area contributed by atoms with Crippen LogP contribution < -0.4 is 5.32 Å². The van der Waals surface area contributed by atoms with Crippen LogP contribution in [0.1, 0.15) is 30.4 Å². The second kappa shape index (κ2) is 5.51. The van der Waals surface area contributed by atoms with Gasteiger partial charge in [0.1, 0.15) is 0 Å². The van der Waals surface area contributed by atoms with Gasteiger partial charge in [0.15, 0.2) is 0 Å². The first-order valence-corrected chi connectivity index (χ1v) is 7.01. The number of aliphatic hydroxyl groups is 1. The zero-order valence-electron chi connectivity index (χ0n) is 10.3. The van der Waals surface area contributed by atoms with Gasteiger partial charge in [-0.1, -0.05) is 28.4 Å². The Hall–Kier alpha value is -0.380. The molecule has 2 nitrogen and oxygen atoms in total. The van der Waals surface area contributed by atoms with Gasteiger partial charge in [-0.3, -0.25) is 0 Å². The molecule has 0 radical (unpaired) electrons. The van der Waals surface area contributed by atoms with Gasteiger partial charge in [-0.05, 0) is 43.0 Å². The minimum Gasteiger partial charge on any atom is -0.396 e. The molecule has 1 aliphatic carbocycles. The quantitative estimate of drug-likeness (QED) is 0.876. The third-order valence-electron chi connectivity index (χ3n) is 3.88. The molecule has 2 rings (SSSR count). The first-order chi connectivity index (χ1) is 8.15. The molecule has 1 aliphatic rings. The maximum absolute atomic E-state index is 9.38. The third-order valence-corrected chi connectivity index (χ3v) is 4.37. The van der Waals surface area contributed by atoms with Crippen molar-refractivity contribution in [3.05, 3.63) is 33.8 Å². The van der Waals surface area contributed by atoms with Gasteiger partial charge in [-0.15, -0.1) is 0 Å². The van der Waals surface area contributed by atoms with Crippen LogP contribution in [0.15, 0.2) is 22.7 Å². The first kappa shape index (κ1) is 13.1. The van der Waals surface area contributed by atoms with Crippen molar-refractivity contribution in [2.45, 2.75) is 32.7 Å². The normalized spacial score (nSPS) is 17.8. The Kier molecular flexibility index (Phi) is 4.23. The lowest BCUT2D eigenvalue weighted by Gasteiger charge is -2.40. The number of nitrogens with one attached hydrogen (secondary N) is 1. The minimum absolute atomic E-state index is 0.167. The number of hydrogen-bond donors (Lipinski definition) is 2. The Balaban J connectivity index is 1.87. The monoisotopic (exact) mass is 297 g/mol. The Morgan fingerprint density at radius 3 is 2.76 bits per heavy atom. The number of rotatable bonds is 5.